The molecule has 2 amide bonds. The Balaban J connectivity index is 1.20. The molecule has 7 nitrogen and oxygen atoms in total. The van der Waals surface area contributed by atoms with E-state index in [1.807, 2.05) is 53.4 Å². The van der Waals surface area contributed by atoms with Crippen LogP contribution in [0.5, 0.6) is 5.75 Å². The van der Waals surface area contributed by atoms with Gasteiger partial charge in [-0.25, -0.2) is 4.98 Å². The lowest BCUT2D eigenvalue weighted by atomic mass is 9.97. The van der Waals surface area contributed by atoms with Crippen molar-refractivity contribution < 1.29 is 14.3 Å². The van der Waals surface area contributed by atoms with Gasteiger partial charge >= 0.3 is 0 Å². The molecule has 3 aromatic rings. The van der Waals surface area contributed by atoms with Gasteiger partial charge in [-0.2, -0.15) is 0 Å². The van der Waals surface area contributed by atoms with Gasteiger partial charge in [0, 0.05) is 31.8 Å². The summed E-state index contributed by atoms with van der Waals surface area (Å²) in [5, 5.41) is 0. The fourth-order valence-electron chi connectivity index (χ4n) is 4.53. The molecule has 1 N–H and O–H groups in total. The summed E-state index contributed by atoms with van der Waals surface area (Å²) < 4.78 is 5.62. The highest BCUT2D eigenvalue weighted by Crippen LogP contribution is 2.32. The van der Waals surface area contributed by atoms with Crippen LogP contribution in [0.2, 0.25) is 0 Å². The van der Waals surface area contributed by atoms with Crippen molar-refractivity contribution in [3.63, 3.8) is 0 Å². The Morgan fingerprint density at radius 2 is 1.84 bits per heavy atom. The summed E-state index contributed by atoms with van der Waals surface area (Å²) in [4.78, 5) is 37.5. The van der Waals surface area contributed by atoms with E-state index < -0.39 is 0 Å². The molecule has 0 spiro atoms. The molecule has 5 rings (SSSR count). The summed E-state index contributed by atoms with van der Waals surface area (Å²) in [7, 11) is 0. The minimum absolute atomic E-state index is 0.0325. The molecule has 160 valence electrons. The average Bonchev–Trinajstić information content (AvgIpc) is 3.26. The first-order chi connectivity index (χ1) is 15.2. The first kappa shape index (κ1) is 19.6. The molecule has 1 saturated heterocycles. The van der Waals surface area contributed by atoms with E-state index in [1.54, 1.807) is 4.90 Å². The number of carbonyl (C=O) groups is 2. The molecule has 1 unspecified atom stereocenters. The SMILES string of the molecule is O=C(CCC(=O)N1CCOc2ccccc21)N1CCCC(c2nc3ccccc3[nH]2)C1. The third-order valence-electron chi connectivity index (χ3n) is 6.15. The maximum Gasteiger partial charge on any atom is 0.227 e. The van der Waals surface area contributed by atoms with Gasteiger partial charge in [0.15, 0.2) is 0 Å². The number of anilines is 1. The van der Waals surface area contributed by atoms with Gasteiger partial charge in [0.05, 0.1) is 23.3 Å². The molecule has 3 heterocycles. The van der Waals surface area contributed by atoms with Gasteiger partial charge in [-0.15, -0.1) is 0 Å². The Labute approximate surface area is 181 Å². The van der Waals surface area contributed by atoms with E-state index in [1.165, 1.54) is 0 Å². The molecule has 7 heteroatoms. The number of imidazole rings is 1. The lowest BCUT2D eigenvalue weighted by Crippen LogP contribution is -2.41. The lowest BCUT2D eigenvalue weighted by molar-refractivity contribution is -0.134. The van der Waals surface area contributed by atoms with E-state index in [2.05, 4.69) is 4.98 Å². The first-order valence-corrected chi connectivity index (χ1v) is 10.9. The van der Waals surface area contributed by atoms with Crippen LogP contribution < -0.4 is 9.64 Å². The van der Waals surface area contributed by atoms with Crippen LogP contribution in [0.1, 0.15) is 37.4 Å². The Morgan fingerprint density at radius 1 is 1.03 bits per heavy atom. The number of piperidine rings is 1. The number of hydrogen-bond donors (Lipinski definition) is 1. The molecular weight excluding hydrogens is 392 g/mol. The Morgan fingerprint density at radius 3 is 2.74 bits per heavy atom. The topological polar surface area (TPSA) is 78.5 Å². The molecule has 1 atom stereocenters. The Hall–Kier alpha value is -3.35. The maximum atomic E-state index is 12.9. The molecule has 1 aromatic heterocycles. The fourth-order valence-corrected chi connectivity index (χ4v) is 4.53. The highest BCUT2D eigenvalue weighted by Gasteiger charge is 2.28. The average molecular weight is 418 g/mol. The summed E-state index contributed by atoms with van der Waals surface area (Å²) >= 11 is 0. The van der Waals surface area contributed by atoms with Crippen molar-refractivity contribution >= 4 is 28.5 Å². The number of nitrogens with one attached hydrogen (secondary N) is 1. The molecule has 0 aliphatic carbocycles. The maximum absolute atomic E-state index is 12.9. The summed E-state index contributed by atoms with van der Waals surface area (Å²) in [6.45, 7) is 2.38. The minimum Gasteiger partial charge on any atom is -0.490 e. The normalized spacial score (nSPS) is 18.5. The number of hydrogen-bond acceptors (Lipinski definition) is 4. The van der Waals surface area contributed by atoms with Crippen LogP contribution in [0.25, 0.3) is 11.0 Å². The third-order valence-corrected chi connectivity index (χ3v) is 6.15. The number of rotatable bonds is 4. The molecule has 0 radical (unpaired) electrons. The second kappa shape index (κ2) is 8.41. The summed E-state index contributed by atoms with van der Waals surface area (Å²) in [5.74, 6) is 1.87. The van der Waals surface area contributed by atoms with Gasteiger partial charge in [0.25, 0.3) is 0 Å². The monoisotopic (exact) mass is 418 g/mol. The zero-order chi connectivity index (χ0) is 21.2. The molecule has 0 bridgehead atoms. The minimum atomic E-state index is -0.0325. The highest BCUT2D eigenvalue weighted by atomic mass is 16.5. The van der Waals surface area contributed by atoms with E-state index in [9.17, 15) is 9.59 Å². The van der Waals surface area contributed by atoms with Crippen molar-refractivity contribution in [2.75, 3.05) is 31.1 Å². The third kappa shape index (κ3) is 4.00. The van der Waals surface area contributed by atoms with Gasteiger partial charge in [0.2, 0.25) is 11.8 Å². The highest BCUT2D eigenvalue weighted by molar-refractivity contribution is 5.97. The predicted molar refractivity (Wildman–Crippen MR) is 118 cm³/mol. The van der Waals surface area contributed by atoms with Crippen LogP contribution in [-0.4, -0.2) is 52.9 Å². The van der Waals surface area contributed by atoms with Gasteiger partial charge in [-0.3, -0.25) is 9.59 Å². The standard InChI is InChI=1S/C24H26N4O3/c29-22(11-12-23(30)28-14-15-31-21-10-4-3-9-20(21)28)27-13-5-6-17(16-27)24-25-18-7-1-2-8-19(18)26-24/h1-4,7-10,17H,5-6,11-16H2,(H,25,26). The Bertz CT molecular complexity index is 1080. The van der Waals surface area contributed by atoms with Crippen molar-refractivity contribution in [2.45, 2.75) is 31.6 Å². The van der Waals surface area contributed by atoms with E-state index in [4.69, 9.17) is 9.72 Å². The number of amides is 2. The number of benzene rings is 2. The van der Waals surface area contributed by atoms with Crippen LogP contribution in [0.3, 0.4) is 0 Å². The van der Waals surface area contributed by atoms with E-state index >= 15 is 0 Å². The number of H-pyrrole nitrogens is 1. The number of aromatic amines is 1. The number of ether oxygens (including phenoxy) is 1. The van der Waals surface area contributed by atoms with Crippen molar-refractivity contribution in [3.8, 4) is 5.75 Å². The molecule has 2 aliphatic heterocycles. The van der Waals surface area contributed by atoms with Gasteiger partial charge in [-0.1, -0.05) is 24.3 Å². The number of nitrogens with zero attached hydrogens (tertiary/aromatic N) is 3. The lowest BCUT2D eigenvalue weighted by Gasteiger charge is -2.32. The number of aromatic nitrogens is 2. The van der Waals surface area contributed by atoms with E-state index in [0.717, 1.165) is 47.7 Å². The van der Waals surface area contributed by atoms with Crippen LogP contribution in [0.15, 0.2) is 48.5 Å². The number of likely N-dealkylation sites (tertiary alicyclic amines) is 1. The van der Waals surface area contributed by atoms with Gasteiger partial charge in [-0.05, 0) is 37.1 Å². The van der Waals surface area contributed by atoms with Crippen LogP contribution in [0, 0.1) is 0 Å². The first-order valence-electron chi connectivity index (χ1n) is 10.9. The second-order valence-corrected chi connectivity index (χ2v) is 8.18. The molecule has 31 heavy (non-hydrogen) atoms. The van der Waals surface area contributed by atoms with Crippen LogP contribution >= 0.6 is 0 Å². The quantitative estimate of drug-likeness (QED) is 0.704. The Kier molecular flexibility index (Phi) is 5.32. The van der Waals surface area contributed by atoms with Crippen molar-refractivity contribution in [2.24, 2.45) is 0 Å². The number of carbonyl (C=O) groups excluding carboxylic acids is 2. The van der Waals surface area contributed by atoms with Gasteiger partial charge < -0.3 is 19.5 Å². The van der Waals surface area contributed by atoms with Crippen LogP contribution in [-0.2, 0) is 9.59 Å². The van der Waals surface area contributed by atoms with Gasteiger partial charge in [0.1, 0.15) is 18.2 Å². The van der Waals surface area contributed by atoms with Crippen molar-refractivity contribution in [1.82, 2.24) is 14.9 Å². The molecule has 2 aromatic carbocycles. The molecule has 0 saturated carbocycles. The van der Waals surface area contributed by atoms with Crippen molar-refractivity contribution in [1.29, 1.82) is 0 Å². The smallest absolute Gasteiger partial charge is 0.227 e. The number of fused-ring (bicyclic) bond motifs is 2. The van der Waals surface area contributed by atoms with Crippen LogP contribution in [0.4, 0.5) is 5.69 Å². The largest absolute Gasteiger partial charge is 0.490 e. The van der Waals surface area contributed by atoms with E-state index in [-0.39, 0.29) is 30.6 Å². The molecular formula is C24H26N4O3. The summed E-state index contributed by atoms with van der Waals surface area (Å²) in [5.41, 5.74) is 2.77. The van der Waals surface area contributed by atoms with E-state index in [0.29, 0.717) is 19.7 Å². The van der Waals surface area contributed by atoms with Crippen molar-refractivity contribution in [3.05, 3.63) is 54.4 Å². The number of para-hydroxylation sites is 4. The summed E-state index contributed by atoms with van der Waals surface area (Å²) in [6.07, 6.45) is 2.38. The predicted octanol–water partition coefficient (Wildman–Crippen LogP) is 3.47. The summed E-state index contributed by atoms with van der Waals surface area (Å²) in [6, 6.07) is 15.5. The molecule has 1 fully saturated rings. The zero-order valence-electron chi connectivity index (χ0n) is 17.4. The molecule has 2 aliphatic rings. The second-order valence-electron chi connectivity index (χ2n) is 8.18. The zero-order valence-corrected chi connectivity index (χ0v) is 17.4. The fraction of sp³-hybridized carbons (Fsp3) is 0.375.